The third kappa shape index (κ3) is 4.05. The minimum Gasteiger partial charge on any atom is -0.361 e. The number of benzene rings is 2. The number of allylic oxidation sites excluding steroid dienone is 1. The Morgan fingerprint density at radius 2 is 1.93 bits per heavy atom. The summed E-state index contributed by atoms with van der Waals surface area (Å²) in [7, 11) is 0. The SMILES string of the molecule is O=C(NC1CCCCN1C=CCc1c[nH]c2ccccc12)c1ccccc1. The fourth-order valence-electron chi connectivity index (χ4n) is 3.73. The van der Waals surface area contributed by atoms with Crippen molar-refractivity contribution in [2.75, 3.05) is 6.54 Å². The van der Waals surface area contributed by atoms with Gasteiger partial charge in [-0.2, -0.15) is 0 Å². The second kappa shape index (κ2) is 8.12. The summed E-state index contributed by atoms with van der Waals surface area (Å²) in [5.41, 5.74) is 3.18. The number of amides is 1. The molecule has 1 amide bonds. The summed E-state index contributed by atoms with van der Waals surface area (Å²) in [6.45, 7) is 0.976. The first-order chi connectivity index (χ1) is 13.3. The van der Waals surface area contributed by atoms with Crippen molar-refractivity contribution in [3.8, 4) is 0 Å². The number of para-hydroxylation sites is 1. The highest BCUT2D eigenvalue weighted by atomic mass is 16.1. The summed E-state index contributed by atoms with van der Waals surface area (Å²) in [4.78, 5) is 18.1. The van der Waals surface area contributed by atoms with Crippen molar-refractivity contribution in [1.82, 2.24) is 15.2 Å². The molecule has 0 spiro atoms. The number of hydrogen-bond acceptors (Lipinski definition) is 2. The first kappa shape index (κ1) is 17.4. The van der Waals surface area contributed by atoms with E-state index in [-0.39, 0.29) is 12.1 Å². The smallest absolute Gasteiger partial charge is 0.252 e. The highest BCUT2D eigenvalue weighted by Gasteiger charge is 2.21. The maximum atomic E-state index is 12.5. The minimum absolute atomic E-state index is 0.00229. The summed E-state index contributed by atoms with van der Waals surface area (Å²) in [5.74, 6) is -0.00229. The Kier molecular flexibility index (Phi) is 5.24. The van der Waals surface area contributed by atoms with Crippen LogP contribution in [-0.2, 0) is 6.42 Å². The van der Waals surface area contributed by atoms with E-state index >= 15 is 0 Å². The molecule has 1 aliphatic heterocycles. The maximum absolute atomic E-state index is 12.5. The monoisotopic (exact) mass is 359 g/mol. The van der Waals surface area contributed by atoms with Crippen molar-refractivity contribution in [2.24, 2.45) is 0 Å². The van der Waals surface area contributed by atoms with Crippen LogP contribution in [0.5, 0.6) is 0 Å². The van der Waals surface area contributed by atoms with E-state index in [0.717, 1.165) is 32.2 Å². The van der Waals surface area contributed by atoms with Gasteiger partial charge in [0.2, 0.25) is 0 Å². The van der Waals surface area contributed by atoms with Crippen LogP contribution in [0.3, 0.4) is 0 Å². The molecule has 2 aromatic carbocycles. The van der Waals surface area contributed by atoms with Crippen LogP contribution in [0.25, 0.3) is 10.9 Å². The largest absolute Gasteiger partial charge is 0.361 e. The molecule has 0 aliphatic carbocycles. The van der Waals surface area contributed by atoms with Gasteiger partial charge in [-0.05, 0) is 55.6 Å². The number of rotatable bonds is 5. The number of fused-ring (bicyclic) bond motifs is 1. The fourth-order valence-corrected chi connectivity index (χ4v) is 3.73. The number of nitrogens with one attached hydrogen (secondary N) is 2. The molecule has 3 aromatic rings. The van der Waals surface area contributed by atoms with Crippen LogP contribution in [-0.4, -0.2) is 28.5 Å². The Morgan fingerprint density at radius 1 is 1.11 bits per heavy atom. The van der Waals surface area contributed by atoms with Gasteiger partial charge in [-0.3, -0.25) is 4.79 Å². The Hall–Kier alpha value is -3.01. The van der Waals surface area contributed by atoms with Crippen LogP contribution >= 0.6 is 0 Å². The Bertz CT molecular complexity index is 929. The molecule has 1 aliphatic rings. The van der Waals surface area contributed by atoms with E-state index < -0.39 is 0 Å². The number of aromatic amines is 1. The number of carbonyl (C=O) groups is 1. The van der Waals surface area contributed by atoms with Crippen LogP contribution in [0, 0.1) is 0 Å². The van der Waals surface area contributed by atoms with E-state index in [9.17, 15) is 4.79 Å². The molecule has 4 heteroatoms. The van der Waals surface area contributed by atoms with Crippen LogP contribution in [0.4, 0.5) is 0 Å². The number of carbonyl (C=O) groups excluding carboxylic acids is 1. The minimum atomic E-state index is -0.00229. The fraction of sp³-hybridized carbons (Fsp3) is 0.261. The average Bonchev–Trinajstić information content (AvgIpc) is 3.13. The molecule has 1 saturated heterocycles. The van der Waals surface area contributed by atoms with Gasteiger partial charge in [0.25, 0.3) is 5.91 Å². The lowest BCUT2D eigenvalue weighted by atomic mass is 10.1. The van der Waals surface area contributed by atoms with Crippen molar-refractivity contribution >= 4 is 16.8 Å². The summed E-state index contributed by atoms with van der Waals surface area (Å²) in [5, 5.41) is 4.46. The number of nitrogens with zero attached hydrogens (tertiary/aromatic N) is 1. The van der Waals surface area contributed by atoms with Gasteiger partial charge in [0, 0.05) is 29.2 Å². The second-order valence-electron chi connectivity index (χ2n) is 7.04. The molecule has 0 bridgehead atoms. The number of aromatic nitrogens is 1. The van der Waals surface area contributed by atoms with E-state index in [1.165, 1.54) is 16.5 Å². The maximum Gasteiger partial charge on any atom is 0.252 e. The third-order valence-electron chi connectivity index (χ3n) is 5.19. The lowest BCUT2D eigenvalue weighted by Crippen LogP contribution is -2.48. The Balaban J connectivity index is 1.41. The van der Waals surface area contributed by atoms with Gasteiger partial charge in [-0.1, -0.05) is 42.5 Å². The van der Waals surface area contributed by atoms with E-state index in [2.05, 4.69) is 51.9 Å². The molecule has 138 valence electrons. The molecule has 2 N–H and O–H groups in total. The quantitative estimate of drug-likeness (QED) is 0.706. The molecule has 1 fully saturated rings. The van der Waals surface area contributed by atoms with Crippen LogP contribution in [0.2, 0.25) is 0 Å². The van der Waals surface area contributed by atoms with Crippen molar-refractivity contribution in [3.05, 3.63) is 84.2 Å². The zero-order chi connectivity index (χ0) is 18.5. The molecule has 0 saturated carbocycles. The Morgan fingerprint density at radius 3 is 2.81 bits per heavy atom. The second-order valence-corrected chi connectivity index (χ2v) is 7.04. The first-order valence-corrected chi connectivity index (χ1v) is 9.64. The van der Waals surface area contributed by atoms with Crippen molar-refractivity contribution in [2.45, 2.75) is 31.8 Å². The van der Waals surface area contributed by atoms with Crippen molar-refractivity contribution < 1.29 is 4.79 Å². The van der Waals surface area contributed by atoms with Crippen LogP contribution < -0.4 is 5.32 Å². The summed E-state index contributed by atoms with van der Waals surface area (Å²) >= 11 is 0. The van der Waals surface area contributed by atoms with Gasteiger partial charge in [0.15, 0.2) is 0 Å². The number of likely N-dealkylation sites (tertiary alicyclic amines) is 1. The van der Waals surface area contributed by atoms with Crippen molar-refractivity contribution in [1.29, 1.82) is 0 Å². The molecule has 1 unspecified atom stereocenters. The topological polar surface area (TPSA) is 48.1 Å². The molecule has 27 heavy (non-hydrogen) atoms. The number of piperidine rings is 1. The molecular formula is C23H25N3O. The standard InChI is InChI=1S/C23H25N3O/c27-23(18-9-2-1-3-10-18)25-22-14-6-7-15-26(22)16-8-11-19-17-24-21-13-5-4-12-20(19)21/h1-5,8-10,12-13,16-17,22,24H,6-7,11,14-15H2,(H,25,27). The highest BCUT2D eigenvalue weighted by Crippen LogP contribution is 2.20. The van der Waals surface area contributed by atoms with Crippen LogP contribution in [0.1, 0.15) is 35.2 Å². The average molecular weight is 359 g/mol. The van der Waals surface area contributed by atoms with Gasteiger partial charge in [-0.25, -0.2) is 0 Å². The summed E-state index contributed by atoms with van der Waals surface area (Å²) < 4.78 is 0. The van der Waals surface area contributed by atoms with Gasteiger partial charge in [-0.15, -0.1) is 0 Å². The summed E-state index contributed by atoms with van der Waals surface area (Å²) in [6.07, 6.45) is 10.7. The predicted molar refractivity (Wildman–Crippen MR) is 109 cm³/mol. The highest BCUT2D eigenvalue weighted by molar-refractivity contribution is 5.94. The van der Waals surface area contributed by atoms with E-state index in [4.69, 9.17) is 0 Å². The molecule has 4 nitrogen and oxygen atoms in total. The predicted octanol–water partition coefficient (Wildman–Crippen LogP) is 4.47. The molecule has 0 radical (unpaired) electrons. The van der Waals surface area contributed by atoms with Gasteiger partial charge in [0.05, 0.1) is 0 Å². The van der Waals surface area contributed by atoms with Gasteiger partial charge >= 0.3 is 0 Å². The molecule has 1 aromatic heterocycles. The molecule has 1 atom stereocenters. The lowest BCUT2D eigenvalue weighted by molar-refractivity contribution is 0.0855. The molecule has 4 rings (SSSR count). The van der Waals surface area contributed by atoms with Crippen molar-refractivity contribution in [3.63, 3.8) is 0 Å². The summed E-state index contributed by atoms with van der Waals surface area (Å²) in [6, 6.07) is 17.8. The first-order valence-electron chi connectivity index (χ1n) is 9.64. The van der Waals surface area contributed by atoms with Crippen LogP contribution in [0.15, 0.2) is 73.1 Å². The van der Waals surface area contributed by atoms with E-state index in [1.54, 1.807) is 0 Å². The van der Waals surface area contributed by atoms with E-state index in [1.807, 2.05) is 36.4 Å². The van der Waals surface area contributed by atoms with Gasteiger partial charge < -0.3 is 15.2 Å². The van der Waals surface area contributed by atoms with E-state index in [0.29, 0.717) is 5.56 Å². The number of H-pyrrole nitrogens is 1. The lowest BCUT2D eigenvalue weighted by Gasteiger charge is -2.35. The van der Waals surface area contributed by atoms with Gasteiger partial charge in [0.1, 0.15) is 6.17 Å². The Labute approximate surface area is 159 Å². The zero-order valence-corrected chi connectivity index (χ0v) is 15.4. The zero-order valence-electron chi connectivity index (χ0n) is 15.4. The third-order valence-corrected chi connectivity index (χ3v) is 5.19. The normalized spacial score (nSPS) is 17.5. The number of hydrogen-bond donors (Lipinski definition) is 2. The molecular weight excluding hydrogens is 334 g/mol. The molecule has 2 heterocycles.